The maximum atomic E-state index is 13.7. The average molecular weight is 433 g/mol. The lowest BCUT2D eigenvalue weighted by atomic mass is 10.1. The molecule has 3 rings (SSSR count). The number of nitrogens with one attached hydrogen (secondary N) is 2. The molecular weight excluding hydrogens is 413 g/mol. The van der Waals surface area contributed by atoms with Crippen molar-refractivity contribution in [1.29, 1.82) is 0 Å². The number of benzene rings is 1. The van der Waals surface area contributed by atoms with Gasteiger partial charge in [-0.3, -0.25) is 4.79 Å². The van der Waals surface area contributed by atoms with Crippen molar-refractivity contribution in [2.24, 2.45) is 0 Å². The average Bonchev–Trinajstić information content (AvgIpc) is 3.09. The van der Waals surface area contributed by atoms with Crippen LogP contribution < -0.4 is 10.6 Å². The van der Waals surface area contributed by atoms with E-state index in [0.717, 1.165) is 30.4 Å². The summed E-state index contributed by atoms with van der Waals surface area (Å²) in [5, 5.41) is 14.1. The molecule has 0 saturated carbocycles. The summed E-state index contributed by atoms with van der Waals surface area (Å²) in [7, 11) is 0. The summed E-state index contributed by atoms with van der Waals surface area (Å²) >= 11 is 3.31. The number of halogens is 3. The van der Waals surface area contributed by atoms with Crippen LogP contribution in [0.1, 0.15) is 34.9 Å². The van der Waals surface area contributed by atoms with Crippen molar-refractivity contribution in [1.82, 2.24) is 25.6 Å². The Morgan fingerprint density at radius 1 is 1.40 bits per heavy atom. The number of carbonyl (C=O) groups excluding carboxylic acids is 1. The van der Waals surface area contributed by atoms with Gasteiger partial charge >= 0.3 is 0 Å². The molecule has 0 aliphatic carbocycles. The van der Waals surface area contributed by atoms with Crippen molar-refractivity contribution in [3.05, 3.63) is 45.9 Å². The summed E-state index contributed by atoms with van der Waals surface area (Å²) in [5.41, 5.74) is 0.853. The number of piperidine rings is 1. The zero-order chi connectivity index (χ0) is 16.9. The van der Waals surface area contributed by atoms with E-state index in [-0.39, 0.29) is 30.2 Å². The molecule has 25 heavy (non-hydrogen) atoms. The third-order valence-corrected chi connectivity index (χ3v) is 4.61. The molecule has 0 radical (unpaired) electrons. The summed E-state index contributed by atoms with van der Waals surface area (Å²) in [6, 6.07) is 5.06. The number of hydrogen-bond acceptors (Lipinski definition) is 4. The summed E-state index contributed by atoms with van der Waals surface area (Å²) < 4.78 is 16.2. The van der Waals surface area contributed by atoms with E-state index in [1.54, 1.807) is 23.0 Å². The van der Waals surface area contributed by atoms with Crippen LogP contribution in [0.5, 0.6) is 0 Å². The van der Waals surface area contributed by atoms with Crippen molar-refractivity contribution >= 4 is 34.2 Å². The molecule has 6 nitrogen and oxygen atoms in total. The Kier molecular flexibility index (Phi) is 7.34. The van der Waals surface area contributed by atoms with Crippen LogP contribution in [0.2, 0.25) is 0 Å². The molecule has 0 unspecified atom stereocenters. The van der Waals surface area contributed by atoms with Crippen LogP contribution in [-0.2, 0) is 6.42 Å². The highest BCUT2D eigenvalue weighted by Gasteiger charge is 2.18. The van der Waals surface area contributed by atoms with E-state index >= 15 is 0 Å². The molecule has 0 atom stereocenters. The lowest BCUT2D eigenvalue weighted by Gasteiger charge is -2.22. The van der Waals surface area contributed by atoms with Gasteiger partial charge in [0.15, 0.2) is 5.69 Å². The number of aromatic nitrogens is 3. The quantitative estimate of drug-likeness (QED) is 0.761. The molecule has 1 aliphatic rings. The van der Waals surface area contributed by atoms with Gasteiger partial charge in [0, 0.05) is 11.0 Å². The van der Waals surface area contributed by atoms with Gasteiger partial charge in [-0.1, -0.05) is 21.1 Å². The summed E-state index contributed by atoms with van der Waals surface area (Å²) in [6.45, 7) is 2.24. The maximum Gasteiger partial charge on any atom is 0.273 e. The summed E-state index contributed by atoms with van der Waals surface area (Å²) in [5.74, 6) is -0.560. The van der Waals surface area contributed by atoms with E-state index < -0.39 is 0 Å². The number of amides is 1. The van der Waals surface area contributed by atoms with E-state index in [0.29, 0.717) is 24.2 Å². The van der Waals surface area contributed by atoms with Gasteiger partial charge in [0.25, 0.3) is 5.91 Å². The Labute approximate surface area is 160 Å². The second-order valence-corrected chi connectivity index (χ2v) is 6.72. The SMILES string of the molecule is Cl.O=C(NCCc1cc(Br)ccc1F)c1cn(C2CCNCC2)nn1. The zero-order valence-corrected chi connectivity index (χ0v) is 15.9. The monoisotopic (exact) mass is 431 g/mol. The Bertz CT molecular complexity index is 720. The van der Waals surface area contributed by atoms with Gasteiger partial charge in [0.1, 0.15) is 5.82 Å². The lowest BCUT2D eigenvalue weighted by molar-refractivity contribution is 0.0949. The van der Waals surface area contributed by atoms with Crippen molar-refractivity contribution in [3.8, 4) is 0 Å². The molecule has 0 bridgehead atoms. The summed E-state index contributed by atoms with van der Waals surface area (Å²) in [4.78, 5) is 12.1. The molecule has 136 valence electrons. The topological polar surface area (TPSA) is 71.8 Å². The fourth-order valence-corrected chi connectivity index (χ4v) is 3.18. The minimum atomic E-state index is -0.286. The van der Waals surface area contributed by atoms with Crippen molar-refractivity contribution in [2.45, 2.75) is 25.3 Å². The number of hydrogen-bond donors (Lipinski definition) is 2. The van der Waals surface area contributed by atoms with Crippen LogP contribution in [0.4, 0.5) is 4.39 Å². The smallest absolute Gasteiger partial charge is 0.273 e. The molecule has 0 spiro atoms. The summed E-state index contributed by atoms with van der Waals surface area (Å²) in [6.07, 6.45) is 4.06. The molecule has 9 heteroatoms. The third kappa shape index (κ3) is 5.23. The molecule has 1 aliphatic heterocycles. The molecular formula is C16H20BrClFN5O. The van der Waals surface area contributed by atoms with Gasteiger partial charge < -0.3 is 10.6 Å². The molecule has 1 aromatic carbocycles. The maximum absolute atomic E-state index is 13.7. The minimum absolute atomic E-state index is 0. The Morgan fingerprint density at radius 3 is 2.92 bits per heavy atom. The standard InChI is InChI=1S/C16H19BrFN5O.ClH/c17-12-1-2-14(18)11(9-12)3-8-20-16(24)15-10-23(22-21-15)13-4-6-19-7-5-13;/h1-2,9-10,13,19H,3-8H2,(H,20,24);1H. The zero-order valence-electron chi connectivity index (χ0n) is 13.5. The Hall–Kier alpha value is -1.51. The van der Waals surface area contributed by atoms with Gasteiger partial charge in [-0.15, -0.1) is 17.5 Å². The highest BCUT2D eigenvalue weighted by atomic mass is 79.9. The molecule has 2 N–H and O–H groups in total. The largest absolute Gasteiger partial charge is 0.350 e. The van der Waals surface area contributed by atoms with Crippen LogP contribution >= 0.6 is 28.3 Å². The molecule has 1 aromatic heterocycles. The Balaban J connectivity index is 0.00000225. The molecule has 2 aromatic rings. The highest BCUT2D eigenvalue weighted by molar-refractivity contribution is 9.10. The molecule has 1 saturated heterocycles. The first kappa shape index (κ1) is 19.8. The second kappa shape index (κ2) is 9.26. The second-order valence-electron chi connectivity index (χ2n) is 5.81. The van der Waals surface area contributed by atoms with Crippen LogP contribution in [0.3, 0.4) is 0 Å². The van der Waals surface area contributed by atoms with Crippen molar-refractivity contribution < 1.29 is 9.18 Å². The van der Waals surface area contributed by atoms with E-state index in [1.807, 2.05) is 0 Å². The third-order valence-electron chi connectivity index (χ3n) is 4.11. The van der Waals surface area contributed by atoms with Gasteiger partial charge in [-0.05, 0) is 56.1 Å². The first-order chi connectivity index (χ1) is 11.6. The van der Waals surface area contributed by atoms with E-state index in [9.17, 15) is 9.18 Å². The highest BCUT2D eigenvalue weighted by Crippen LogP contribution is 2.17. The lowest BCUT2D eigenvalue weighted by Crippen LogP contribution is -2.29. The van der Waals surface area contributed by atoms with Gasteiger partial charge in [-0.2, -0.15) is 0 Å². The van der Waals surface area contributed by atoms with E-state index in [1.165, 1.54) is 6.07 Å². The van der Waals surface area contributed by atoms with Gasteiger partial charge in [-0.25, -0.2) is 9.07 Å². The van der Waals surface area contributed by atoms with Crippen LogP contribution in [-0.4, -0.2) is 40.5 Å². The first-order valence-electron chi connectivity index (χ1n) is 7.98. The molecule has 2 heterocycles. The normalized spacial score (nSPS) is 14.8. The first-order valence-corrected chi connectivity index (χ1v) is 8.77. The fourth-order valence-electron chi connectivity index (χ4n) is 2.77. The minimum Gasteiger partial charge on any atom is -0.350 e. The molecule has 1 fully saturated rings. The van der Waals surface area contributed by atoms with Crippen LogP contribution in [0, 0.1) is 5.82 Å². The predicted octanol–water partition coefficient (Wildman–Crippen LogP) is 2.50. The van der Waals surface area contributed by atoms with Gasteiger partial charge in [0.2, 0.25) is 0 Å². The van der Waals surface area contributed by atoms with Crippen molar-refractivity contribution in [2.75, 3.05) is 19.6 Å². The van der Waals surface area contributed by atoms with Gasteiger partial charge in [0.05, 0.1) is 12.2 Å². The van der Waals surface area contributed by atoms with Crippen LogP contribution in [0.15, 0.2) is 28.9 Å². The number of carbonyl (C=O) groups is 1. The Morgan fingerprint density at radius 2 is 2.16 bits per heavy atom. The van der Waals surface area contributed by atoms with E-state index in [4.69, 9.17) is 0 Å². The fraction of sp³-hybridized carbons (Fsp3) is 0.438. The van der Waals surface area contributed by atoms with Crippen molar-refractivity contribution in [3.63, 3.8) is 0 Å². The predicted molar refractivity (Wildman–Crippen MR) is 98.5 cm³/mol. The number of nitrogens with zero attached hydrogens (tertiary/aromatic N) is 3. The number of rotatable bonds is 5. The molecule has 1 amide bonds. The van der Waals surface area contributed by atoms with Crippen LogP contribution in [0.25, 0.3) is 0 Å². The van der Waals surface area contributed by atoms with E-state index in [2.05, 4.69) is 36.9 Å².